The summed E-state index contributed by atoms with van der Waals surface area (Å²) in [7, 11) is 0. The van der Waals surface area contributed by atoms with Crippen molar-refractivity contribution in [2.75, 3.05) is 0 Å². The number of carbonyl (C=O) groups is 2. The second kappa shape index (κ2) is 14.1. The highest BCUT2D eigenvalue weighted by atomic mass is 16.7. The Kier molecular flexibility index (Phi) is 12.2. The number of fused-ring (bicyclic) bond motifs is 2. The van der Waals surface area contributed by atoms with Gasteiger partial charge in [-0.2, -0.15) is 0 Å². The standard InChI is InChI=1S/C32H54O8/c1-10-24-30(37)31(9)16-18(3)12-13-26(39-27(34)17-32(24,38)40-31)23(8)29(36)21(6)15-19(4)14-20(5)28(35)22(7)25(33)11-2/h12,14,20-26,28-29,33,35-36,38H,10-11,13,15-17H2,1-9H3/t20-,21+,22+,23-,24+,25-,26+,28+,29+,31?,32?/m0/s1. The highest BCUT2D eigenvalue weighted by Crippen LogP contribution is 2.45. The van der Waals surface area contributed by atoms with Crippen LogP contribution in [0.4, 0.5) is 0 Å². The molecule has 1 fully saturated rings. The number of ketones is 1. The Morgan fingerprint density at radius 3 is 2.30 bits per heavy atom. The molecule has 2 rings (SSSR count). The summed E-state index contributed by atoms with van der Waals surface area (Å²) < 4.78 is 11.7. The second-order valence-corrected chi connectivity index (χ2v) is 12.9. The number of carbonyl (C=O) groups excluding carboxylic acids is 2. The van der Waals surface area contributed by atoms with Crippen molar-refractivity contribution in [3.8, 4) is 0 Å². The maximum atomic E-state index is 13.1. The molecule has 0 aromatic carbocycles. The first kappa shape index (κ1) is 34.6. The summed E-state index contributed by atoms with van der Waals surface area (Å²) in [4.78, 5) is 26.1. The quantitative estimate of drug-likeness (QED) is 0.213. The normalized spacial score (nSPS) is 33.6. The second-order valence-electron chi connectivity index (χ2n) is 12.9. The Labute approximate surface area is 240 Å². The summed E-state index contributed by atoms with van der Waals surface area (Å²) >= 11 is 0. The summed E-state index contributed by atoms with van der Waals surface area (Å²) in [5.41, 5.74) is 0.704. The Hall–Kier alpha value is -1.58. The van der Waals surface area contributed by atoms with Crippen LogP contribution < -0.4 is 0 Å². The zero-order chi connectivity index (χ0) is 30.6. The van der Waals surface area contributed by atoms with Crippen LogP contribution in [-0.2, 0) is 19.1 Å². The van der Waals surface area contributed by atoms with Crippen LogP contribution in [-0.4, -0.2) is 68.0 Å². The number of rotatable bonds is 11. The van der Waals surface area contributed by atoms with Crippen LogP contribution in [0, 0.1) is 29.6 Å². The van der Waals surface area contributed by atoms with Gasteiger partial charge < -0.3 is 29.9 Å². The molecule has 0 amide bonds. The molecule has 0 aliphatic carbocycles. The van der Waals surface area contributed by atoms with Crippen LogP contribution in [0.3, 0.4) is 0 Å². The van der Waals surface area contributed by atoms with Crippen LogP contribution in [0.25, 0.3) is 0 Å². The van der Waals surface area contributed by atoms with E-state index in [2.05, 4.69) is 0 Å². The van der Waals surface area contributed by atoms with Gasteiger partial charge in [0.2, 0.25) is 0 Å². The fraction of sp³-hybridized carbons (Fsp3) is 0.812. The highest BCUT2D eigenvalue weighted by molar-refractivity contribution is 5.93. The first-order valence-corrected chi connectivity index (χ1v) is 15.0. The smallest absolute Gasteiger partial charge is 0.311 e. The van der Waals surface area contributed by atoms with Crippen molar-refractivity contribution < 1.29 is 39.5 Å². The molecular formula is C32H54O8. The van der Waals surface area contributed by atoms with Gasteiger partial charge in [0.25, 0.3) is 0 Å². The van der Waals surface area contributed by atoms with Crippen LogP contribution >= 0.6 is 0 Å². The van der Waals surface area contributed by atoms with Crippen molar-refractivity contribution in [3.63, 3.8) is 0 Å². The maximum absolute atomic E-state index is 13.1. The monoisotopic (exact) mass is 566 g/mol. The molecule has 0 saturated carbocycles. The van der Waals surface area contributed by atoms with Gasteiger partial charge in [0.05, 0.1) is 24.2 Å². The molecule has 8 nitrogen and oxygen atoms in total. The number of Topliss-reactive ketones (excluding diaryl/α,β-unsaturated/α-hetero) is 1. The van der Waals surface area contributed by atoms with Gasteiger partial charge in [0.15, 0.2) is 11.6 Å². The predicted octanol–water partition coefficient (Wildman–Crippen LogP) is 4.47. The minimum atomic E-state index is -1.92. The molecule has 2 aliphatic rings. The van der Waals surface area contributed by atoms with Crippen molar-refractivity contribution in [1.29, 1.82) is 0 Å². The molecule has 11 atom stereocenters. The summed E-state index contributed by atoms with van der Waals surface area (Å²) in [5.74, 6) is -4.55. The molecule has 40 heavy (non-hydrogen) atoms. The molecule has 2 unspecified atom stereocenters. The third-order valence-corrected chi connectivity index (χ3v) is 9.19. The van der Waals surface area contributed by atoms with Gasteiger partial charge in [-0.05, 0) is 46.0 Å². The molecule has 0 aromatic heterocycles. The lowest BCUT2D eigenvalue weighted by Gasteiger charge is -2.32. The molecule has 0 spiro atoms. The number of hydrogen-bond acceptors (Lipinski definition) is 8. The topological polar surface area (TPSA) is 134 Å². The number of ether oxygens (including phenoxy) is 2. The molecule has 2 bridgehead atoms. The zero-order valence-corrected chi connectivity index (χ0v) is 26.0. The first-order chi connectivity index (χ1) is 18.5. The zero-order valence-electron chi connectivity index (χ0n) is 26.0. The van der Waals surface area contributed by atoms with Gasteiger partial charge in [0, 0.05) is 30.6 Å². The van der Waals surface area contributed by atoms with Crippen LogP contribution in [0.15, 0.2) is 23.3 Å². The number of esters is 1. The summed E-state index contributed by atoms with van der Waals surface area (Å²) in [6.45, 7) is 16.8. The van der Waals surface area contributed by atoms with Gasteiger partial charge in [-0.25, -0.2) is 0 Å². The predicted molar refractivity (Wildman–Crippen MR) is 154 cm³/mol. The Bertz CT molecular complexity index is 943. The molecule has 4 N–H and O–H groups in total. The van der Waals surface area contributed by atoms with E-state index in [9.17, 15) is 30.0 Å². The maximum Gasteiger partial charge on any atom is 0.311 e. The van der Waals surface area contributed by atoms with Gasteiger partial charge in [0.1, 0.15) is 18.1 Å². The highest BCUT2D eigenvalue weighted by Gasteiger charge is 2.60. The minimum absolute atomic E-state index is 0.152. The molecule has 2 heterocycles. The van der Waals surface area contributed by atoms with E-state index < -0.39 is 60.0 Å². The van der Waals surface area contributed by atoms with E-state index >= 15 is 0 Å². The first-order valence-electron chi connectivity index (χ1n) is 15.0. The van der Waals surface area contributed by atoms with Crippen LogP contribution in [0.1, 0.15) is 101 Å². The molecule has 8 heteroatoms. The lowest BCUT2D eigenvalue weighted by molar-refractivity contribution is -0.241. The Balaban J connectivity index is 2.17. The van der Waals surface area contributed by atoms with Crippen molar-refractivity contribution >= 4 is 11.8 Å². The molecule has 1 saturated heterocycles. The van der Waals surface area contributed by atoms with E-state index in [1.807, 2.05) is 60.6 Å². The van der Waals surface area contributed by atoms with E-state index in [4.69, 9.17) is 9.47 Å². The SMILES string of the molecule is CC[C@@H]1C(=O)C2(C)CC(C)=CC[C@H]([C@H](C)[C@H](O)[C@H](C)CC(C)=C[C@H](C)[C@@H](O)[C@H](C)[C@@H](O)CC)OC(=O)CC1(O)O2. The van der Waals surface area contributed by atoms with Gasteiger partial charge in [-0.15, -0.1) is 0 Å². The van der Waals surface area contributed by atoms with Crippen molar-refractivity contribution in [3.05, 3.63) is 23.3 Å². The lowest BCUT2D eigenvalue weighted by Crippen LogP contribution is -2.42. The largest absolute Gasteiger partial charge is 0.461 e. The molecule has 2 aliphatic heterocycles. The third-order valence-electron chi connectivity index (χ3n) is 9.19. The molecule has 0 radical (unpaired) electrons. The van der Waals surface area contributed by atoms with Crippen molar-refractivity contribution in [2.24, 2.45) is 29.6 Å². The fourth-order valence-corrected chi connectivity index (χ4v) is 6.64. The summed E-state index contributed by atoms with van der Waals surface area (Å²) in [5, 5.41) is 43.3. The summed E-state index contributed by atoms with van der Waals surface area (Å²) in [6.07, 6.45) is 3.04. The summed E-state index contributed by atoms with van der Waals surface area (Å²) in [6, 6.07) is 0. The number of hydrogen-bond donors (Lipinski definition) is 4. The molecule has 230 valence electrons. The molecular weight excluding hydrogens is 512 g/mol. The fourth-order valence-electron chi connectivity index (χ4n) is 6.64. The van der Waals surface area contributed by atoms with Crippen LogP contribution in [0.5, 0.6) is 0 Å². The average Bonchev–Trinajstić information content (AvgIpc) is 3.05. The van der Waals surface area contributed by atoms with E-state index in [0.717, 1.165) is 11.1 Å². The van der Waals surface area contributed by atoms with Gasteiger partial charge >= 0.3 is 5.97 Å². The number of aliphatic hydroxyl groups excluding tert-OH is 3. The van der Waals surface area contributed by atoms with Gasteiger partial charge in [-0.1, -0.05) is 64.8 Å². The molecule has 0 aromatic rings. The Morgan fingerprint density at radius 1 is 1.10 bits per heavy atom. The van der Waals surface area contributed by atoms with E-state index in [1.54, 1.807) is 13.8 Å². The Morgan fingerprint density at radius 2 is 1.73 bits per heavy atom. The van der Waals surface area contributed by atoms with Gasteiger partial charge in [-0.3, -0.25) is 9.59 Å². The average molecular weight is 567 g/mol. The minimum Gasteiger partial charge on any atom is -0.461 e. The van der Waals surface area contributed by atoms with E-state index in [-0.39, 0.29) is 23.5 Å². The van der Waals surface area contributed by atoms with E-state index in [0.29, 0.717) is 32.1 Å². The van der Waals surface area contributed by atoms with E-state index in [1.165, 1.54) is 0 Å². The number of cyclic esters (lactones) is 1. The van der Waals surface area contributed by atoms with Crippen molar-refractivity contribution in [2.45, 2.75) is 137 Å². The third kappa shape index (κ3) is 8.03. The lowest BCUT2D eigenvalue weighted by atomic mass is 9.82. The number of aliphatic hydroxyl groups is 4. The van der Waals surface area contributed by atoms with Crippen LogP contribution in [0.2, 0.25) is 0 Å². The van der Waals surface area contributed by atoms with Crippen molar-refractivity contribution in [1.82, 2.24) is 0 Å². The number of allylic oxidation sites excluding steroid dienone is 1.